The lowest BCUT2D eigenvalue weighted by Crippen LogP contribution is -3.11. The van der Waals surface area contributed by atoms with Crippen LogP contribution in [0.25, 0.3) is 0 Å². The minimum Gasteiger partial charge on any atom is -0.342 e. The van der Waals surface area contributed by atoms with Crippen molar-refractivity contribution in [3.63, 3.8) is 0 Å². The van der Waals surface area contributed by atoms with Crippen molar-refractivity contribution in [2.24, 2.45) is 11.8 Å². The summed E-state index contributed by atoms with van der Waals surface area (Å²) in [6.07, 6.45) is 4.32. The SMILES string of the molecule is CC1CCN(C(=O)C2CC[NH+](Cc3ccc(Cl)c(Cl)c3)CC2)CC1. The molecule has 0 spiro atoms. The van der Waals surface area contributed by atoms with Crippen molar-refractivity contribution < 1.29 is 9.69 Å². The lowest BCUT2D eigenvalue weighted by Gasteiger charge is -2.35. The van der Waals surface area contributed by atoms with Crippen LogP contribution >= 0.6 is 23.2 Å². The fourth-order valence-electron chi connectivity index (χ4n) is 3.88. The van der Waals surface area contributed by atoms with E-state index in [2.05, 4.69) is 11.8 Å². The number of hydrogen-bond donors (Lipinski definition) is 1. The summed E-state index contributed by atoms with van der Waals surface area (Å²) in [6.45, 7) is 7.26. The van der Waals surface area contributed by atoms with E-state index in [-0.39, 0.29) is 5.92 Å². The molecule has 2 saturated heterocycles. The Morgan fingerprint density at radius 2 is 1.79 bits per heavy atom. The molecule has 2 aliphatic rings. The molecular weight excluding hydrogens is 343 g/mol. The van der Waals surface area contributed by atoms with E-state index in [1.54, 1.807) is 0 Å². The van der Waals surface area contributed by atoms with Gasteiger partial charge in [0.1, 0.15) is 6.54 Å². The standard InChI is InChI=1S/C19H26Cl2N2O/c1-14-4-10-23(11-5-14)19(24)16-6-8-22(9-7-16)13-15-2-3-17(20)18(21)12-15/h2-3,12,14,16H,4-11,13H2,1H3/p+1. The smallest absolute Gasteiger partial charge is 0.226 e. The minimum atomic E-state index is 0.232. The second-order valence-corrected chi connectivity index (χ2v) is 8.27. The van der Waals surface area contributed by atoms with Crippen molar-refractivity contribution in [1.29, 1.82) is 0 Å². The van der Waals surface area contributed by atoms with Gasteiger partial charge in [-0.3, -0.25) is 4.79 Å². The average Bonchev–Trinajstić information content (AvgIpc) is 2.59. The Hall–Kier alpha value is -0.770. The van der Waals surface area contributed by atoms with Crippen LogP contribution in [0.15, 0.2) is 18.2 Å². The highest BCUT2D eigenvalue weighted by atomic mass is 35.5. The Bertz CT molecular complexity index is 577. The number of rotatable bonds is 3. The first-order valence-electron chi connectivity index (χ1n) is 9.09. The Kier molecular flexibility index (Phi) is 6.07. The van der Waals surface area contributed by atoms with Gasteiger partial charge in [-0.25, -0.2) is 0 Å². The van der Waals surface area contributed by atoms with Gasteiger partial charge in [-0.1, -0.05) is 36.2 Å². The summed E-state index contributed by atoms with van der Waals surface area (Å²) in [5.74, 6) is 1.40. The quantitative estimate of drug-likeness (QED) is 0.869. The first-order valence-corrected chi connectivity index (χ1v) is 9.85. The van der Waals surface area contributed by atoms with E-state index in [9.17, 15) is 4.79 Å². The molecule has 3 nitrogen and oxygen atoms in total. The number of carbonyl (C=O) groups excluding carboxylic acids is 1. The van der Waals surface area contributed by atoms with E-state index in [1.165, 1.54) is 10.5 Å². The zero-order chi connectivity index (χ0) is 17.1. The summed E-state index contributed by atoms with van der Waals surface area (Å²) < 4.78 is 0. The van der Waals surface area contributed by atoms with Gasteiger partial charge in [0.2, 0.25) is 5.91 Å². The molecule has 5 heteroatoms. The predicted molar refractivity (Wildman–Crippen MR) is 98.6 cm³/mol. The molecule has 1 amide bonds. The monoisotopic (exact) mass is 369 g/mol. The molecule has 0 aromatic heterocycles. The van der Waals surface area contributed by atoms with Gasteiger partial charge in [-0.15, -0.1) is 0 Å². The molecule has 0 bridgehead atoms. The van der Waals surface area contributed by atoms with Crippen molar-refractivity contribution in [3.8, 4) is 0 Å². The summed E-state index contributed by atoms with van der Waals surface area (Å²) in [4.78, 5) is 16.3. The largest absolute Gasteiger partial charge is 0.342 e. The van der Waals surface area contributed by atoms with Crippen molar-refractivity contribution in [2.45, 2.75) is 39.2 Å². The van der Waals surface area contributed by atoms with Crippen LogP contribution in [0.1, 0.15) is 38.2 Å². The topological polar surface area (TPSA) is 24.8 Å². The molecule has 2 heterocycles. The average molecular weight is 370 g/mol. The van der Waals surface area contributed by atoms with Crippen LogP contribution in [0.2, 0.25) is 10.0 Å². The number of nitrogens with one attached hydrogen (secondary N) is 1. The molecule has 132 valence electrons. The van der Waals surface area contributed by atoms with Crippen LogP contribution in [0.3, 0.4) is 0 Å². The van der Waals surface area contributed by atoms with Crippen LogP contribution < -0.4 is 4.90 Å². The molecule has 2 aliphatic heterocycles. The molecule has 1 N–H and O–H groups in total. The van der Waals surface area contributed by atoms with E-state index >= 15 is 0 Å². The number of halogens is 2. The second-order valence-electron chi connectivity index (χ2n) is 7.46. The van der Waals surface area contributed by atoms with Crippen LogP contribution in [0.5, 0.6) is 0 Å². The molecule has 0 unspecified atom stereocenters. The number of benzene rings is 1. The van der Waals surface area contributed by atoms with Crippen molar-refractivity contribution in [3.05, 3.63) is 33.8 Å². The number of quaternary nitrogens is 1. The Morgan fingerprint density at radius 3 is 2.42 bits per heavy atom. The summed E-state index contributed by atoms with van der Waals surface area (Å²) in [5, 5.41) is 1.23. The Balaban J connectivity index is 1.48. The fraction of sp³-hybridized carbons (Fsp3) is 0.632. The zero-order valence-corrected chi connectivity index (χ0v) is 15.9. The molecule has 0 atom stereocenters. The van der Waals surface area contributed by atoms with Gasteiger partial charge in [-0.05, 0) is 30.9 Å². The van der Waals surface area contributed by atoms with Crippen LogP contribution in [0, 0.1) is 11.8 Å². The fourth-order valence-corrected chi connectivity index (χ4v) is 4.20. The van der Waals surface area contributed by atoms with E-state index < -0.39 is 0 Å². The lowest BCUT2D eigenvalue weighted by molar-refractivity contribution is -0.919. The highest BCUT2D eigenvalue weighted by Crippen LogP contribution is 2.23. The van der Waals surface area contributed by atoms with Crippen molar-refractivity contribution in [2.75, 3.05) is 26.2 Å². The van der Waals surface area contributed by atoms with Gasteiger partial charge < -0.3 is 9.80 Å². The van der Waals surface area contributed by atoms with E-state index in [0.29, 0.717) is 16.0 Å². The molecule has 3 rings (SSSR count). The lowest BCUT2D eigenvalue weighted by atomic mass is 9.92. The van der Waals surface area contributed by atoms with E-state index in [0.717, 1.165) is 64.3 Å². The highest BCUT2D eigenvalue weighted by molar-refractivity contribution is 6.42. The van der Waals surface area contributed by atoms with E-state index in [1.807, 2.05) is 18.2 Å². The number of nitrogens with zero attached hydrogens (tertiary/aromatic N) is 1. The molecule has 0 saturated carbocycles. The first kappa shape index (κ1) is 18.0. The van der Waals surface area contributed by atoms with Crippen molar-refractivity contribution >= 4 is 29.1 Å². The van der Waals surface area contributed by atoms with E-state index in [4.69, 9.17) is 23.2 Å². The van der Waals surface area contributed by atoms with Crippen LogP contribution in [-0.2, 0) is 11.3 Å². The molecule has 0 radical (unpaired) electrons. The van der Waals surface area contributed by atoms with Crippen LogP contribution in [-0.4, -0.2) is 37.0 Å². The number of carbonyl (C=O) groups is 1. The third-order valence-electron chi connectivity index (χ3n) is 5.58. The molecular formula is C19H27Cl2N2O+. The maximum atomic E-state index is 12.7. The maximum Gasteiger partial charge on any atom is 0.226 e. The third kappa shape index (κ3) is 4.44. The molecule has 0 aliphatic carbocycles. The Morgan fingerprint density at radius 1 is 1.12 bits per heavy atom. The van der Waals surface area contributed by atoms with Gasteiger partial charge in [0.15, 0.2) is 0 Å². The summed E-state index contributed by atoms with van der Waals surface area (Å²) in [5.41, 5.74) is 1.22. The third-order valence-corrected chi connectivity index (χ3v) is 6.31. The molecule has 2 fully saturated rings. The summed E-state index contributed by atoms with van der Waals surface area (Å²) in [7, 11) is 0. The molecule has 1 aromatic carbocycles. The molecule has 24 heavy (non-hydrogen) atoms. The van der Waals surface area contributed by atoms with Gasteiger partial charge >= 0.3 is 0 Å². The number of amides is 1. The zero-order valence-electron chi connectivity index (χ0n) is 14.4. The summed E-state index contributed by atoms with van der Waals surface area (Å²) >= 11 is 12.1. The maximum absolute atomic E-state index is 12.7. The van der Waals surface area contributed by atoms with Crippen LogP contribution in [0.4, 0.5) is 0 Å². The number of likely N-dealkylation sites (tertiary alicyclic amines) is 2. The number of piperidine rings is 2. The van der Waals surface area contributed by atoms with Gasteiger partial charge in [-0.2, -0.15) is 0 Å². The minimum absolute atomic E-state index is 0.232. The predicted octanol–water partition coefficient (Wildman–Crippen LogP) is 3.05. The summed E-state index contributed by atoms with van der Waals surface area (Å²) in [6, 6.07) is 5.88. The normalized spacial score (nSPS) is 25.7. The van der Waals surface area contributed by atoms with Gasteiger partial charge in [0.05, 0.1) is 23.1 Å². The first-order chi connectivity index (χ1) is 11.5. The Labute approximate surface area is 154 Å². The second kappa shape index (κ2) is 8.07. The molecule has 1 aromatic rings. The van der Waals surface area contributed by atoms with Crippen molar-refractivity contribution in [1.82, 2.24) is 4.90 Å². The highest BCUT2D eigenvalue weighted by Gasteiger charge is 2.31. The van der Waals surface area contributed by atoms with Gasteiger partial charge in [0, 0.05) is 37.4 Å². The van der Waals surface area contributed by atoms with Gasteiger partial charge in [0.25, 0.3) is 0 Å². The number of hydrogen-bond acceptors (Lipinski definition) is 1.